The van der Waals surface area contributed by atoms with Crippen LogP contribution in [0.4, 0.5) is 0 Å². The zero-order valence-corrected chi connectivity index (χ0v) is 10.1. The highest BCUT2D eigenvalue weighted by atomic mass is 16.4. The van der Waals surface area contributed by atoms with Crippen molar-refractivity contribution in [2.75, 3.05) is 13.6 Å². The fourth-order valence-corrected chi connectivity index (χ4v) is 1.36. The Labute approximate surface area is 96.6 Å². The number of hydrogen-bond donors (Lipinski definition) is 3. The van der Waals surface area contributed by atoms with Crippen LogP contribution in [0.15, 0.2) is 0 Å². The minimum Gasteiger partial charge on any atom is -0.480 e. The average molecular weight is 230 g/mol. The molecule has 0 radical (unpaired) electrons. The van der Waals surface area contributed by atoms with Gasteiger partial charge in [0.1, 0.15) is 6.04 Å². The maximum atomic E-state index is 11.3. The number of hydrogen-bond acceptors (Lipinski definition) is 3. The molecule has 0 bridgehead atoms. The number of likely N-dealkylation sites (N-methyl/N-ethyl adjacent to an activating group) is 1. The summed E-state index contributed by atoms with van der Waals surface area (Å²) in [6.45, 7) is 2.79. The van der Waals surface area contributed by atoms with Crippen molar-refractivity contribution < 1.29 is 14.7 Å². The number of carboxylic acid groups (broad SMARTS) is 1. The standard InChI is InChI=1S/C11H22N2O3/c1-3-4-5-8-13-10(14)7-6-9(12-2)11(15)16/h9,12H,3-8H2,1-2H3,(H,13,14)(H,15,16)/t9-/m0/s1. The normalized spacial score (nSPS) is 12.1. The first-order chi connectivity index (χ1) is 7.61. The second-order valence-corrected chi connectivity index (χ2v) is 3.78. The Bertz CT molecular complexity index is 219. The largest absolute Gasteiger partial charge is 0.480 e. The van der Waals surface area contributed by atoms with Gasteiger partial charge in [0.05, 0.1) is 0 Å². The van der Waals surface area contributed by atoms with Crippen LogP contribution in [-0.4, -0.2) is 36.6 Å². The smallest absolute Gasteiger partial charge is 0.320 e. The topological polar surface area (TPSA) is 78.4 Å². The van der Waals surface area contributed by atoms with Gasteiger partial charge >= 0.3 is 5.97 Å². The van der Waals surface area contributed by atoms with Gasteiger partial charge in [0, 0.05) is 13.0 Å². The fourth-order valence-electron chi connectivity index (χ4n) is 1.36. The highest BCUT2D eigenvalue weighted by Crippen LogP contribution is 1.98. The number of carbonyl (C=O) groups excluding carboxylic acids is 1. The lowest BCUT2D eigenvalue weighted by molar-refractivity contribution is -0.139. The SMILES string of the molecule is CCCCCNC(=O)CC[C@H](NC)C(=O)O. The predicted molar refractivity (Wildman–Crippen MR) is 62.3 cm³/mol. The van der Waals surface area contributed by atoms with E-state index in [1.807, 2.05) is 0 Å². The molecule has 3 N–H and O–H groups in total. The summed E-state index contributed by atoms with van der Waals surface area (Å²) in [4.78, 5) is 22.0. The molecule has 1 amide bonds. The van der Waals surface area contributed by atoms with Crippen molar-refractivity contribution in [3.05, 3.63) is 0 Å². The summed E-state index contributed by atoms with van der Waals surface area (Å²) in [5, 5.41) is 14.2. The number of carbonyl (C=O) groups is 2. The minimum absolute atomic E-state index is 0.0717. The first kappa shape index (κ1) is 14.9. The van der Waals surface area contributed by atoms with E-state index in [2.05, 4.69) is 17.6 Å². The molecule has 5 nitrogen and oxygen atoms in total. The van der Waals surface area contributed by atoms with Gasteiger partial charge < -0.3 is 15.7 Å². The molecule has 0 rings (SSSR count). The zero-order chi connectivity index (χ0) is 12.4. The van der Waals surface area contributed by atoms with Crippen molar-refractivity contribution >= 4 is 11.9 Å². The van der Waals surface area contributed by atoms with Gasteiger partial charge in [-0.3, -0.25) is 9.59 Å². The minimum atomic E-state index is -0.915. The summed E-state index contributed by atoms with van der Waals surface area (Å²) in [5.41, 5.74) is 0. The van der Waals surface area contributed by atoms with Gasteiger partial charge in [0.15, 0.2) is 0 Å². The van der Waals surface area contributed by atoms with Crippen molar-refractivity contribution in [1.82, 2.24) is 10.6 Å². The molecular weight excluding hydrogens is 208 g/mol. The van der Waals surface area contributed by atoms with Crippen LogP contribution in [0.25, 0.3) is 0 Å². The Kier molecular flexibility index (Phi) is 8.52. The fraction of sp³-hybridized carbons (Fsp3) is 0.818. The maximum absolute atomic E-state index is 11.3. The monoisotopic (exact) mass is 230 g/mol. The van der Waals surface area contributed by atoms with Crippen LogP contribution < -0.4 is 10.6 Å². The van der Waals surface area contributed by atoms with Gasteiger partial charge in [-0.1, -0.05) is 19.8 Å². The summed E-state index contributed by atoms with van der Waals surface area (Å²) in [6, 6.07) is -0.638. The van der Waals surface area contributed by atoms with E-state index in [1.54, 1.807) is 7.05 Å². The van der Waals surface area contributed by atoms with Gasteiger partial charge in [0.25, 0.3) is 0 Å². The third kappa shape index (κ3) is 7.23. The van der Waals surface area contributed by atoms with Gasteiger partial charge in [-0.05, 0) is 19.9 Å². The molecule has 0 spiro atoms. The van der Waals surface area contributed by atoms with Gasteiger partial charge in [-0.15, -0.1) is 0 Å². The Morgan fingerprint density at radius 1 is 1.31 bits per heavy atom. The van der Waals surface area contributed by atoms with E-state index in [9.17, 15) is 9.59 Å². The Hall–Kier alpha value is -1.10. The molecule has 0 unspecified atom stereocenters. The molecule has 0 saturated carbocycles. The summed E-state index contributed by atoms with van der Waals surface area (Å²) < 4.78 is 0. The Balaban J connectivity index is 3.59. The third-order valence-electron chi connectivity index (χ3n) is 2.41. The molecule has 5 heteroatoms. The highest BCUT2D eigenvalue weighted by molar-refractivity contribution is 5.78. The van der Waals surface area contributed by atoms with E-state index in [0.717, 1.165) is 19.3 Å². The number of carboxylic acids is 1. The van der Waals surface area contributed by atoms with Crippen LogP contribution in [-0.2, 0) is 9.59 Å². The molecule has 0 aliphatic rings. The molecule has 0 saturated heterocycles. The average Bonchev–Trinajstić information content (AvgIpc) is 2.25. The number of nitrogens with one attached hydrogen (secondary N) is 2. The highest BCUT2D eigenvalue weighted by Gasteiger charge is 2.15. The molecule has 0 aromatic rings. The van der Waals surface area contributed by atoms with Gasteiger partial charge in [-0.25, -0.2) is 0 Å². The van der Waals surface area contributed by atoms with Gasteiger partial charge in [-0.2, -0.15) is 0 Å². The van der Waals surface area contributed by atoms with Crippen molar-refractivity contribution in [1.29, 1.82) is 0 Å². The molecule has 16 heavy (non-hydrogen) atoms. The first-order valence-corrected chi connectivity index (χ1v) is 5.78. The van der Waals surface area contributed by atoms with Crippen molar-refractivity contribution in [2.24, 2.45) is 0 Å². The van der Waals surface area contributed by atoms with Crippen molar-refractivity contribution in [3.8, 4) is 0 Å². The van der Waals surface area contributed by atoms with E-state index in [0.29, 0.717) is 13.0 Å². The van der Waals surface area contributed by atoms with E-state index in [4.69, 9.17) is 5.11 Å². The first-order valence-electron chi connectivity index (χ1n) is 5.78. The number of rotatable bonds is 9. The Morgan fingerprint density at radius 3 is 2.50 bits per heavy atom. The van der Waals surface area contributed by atoms with Crippen LogP contribution >= 0.6 is 0 Å². The molecule has 0 aliphatic heterocycles. The Morgan fingerprint density at radius 2 is 2.00 bits per heavy atom. The quantitative estimate of drug-likeness (QED) is 0.511. The molecule has 0 aliphatic carbocycles. The summed E-state index contributed by atoms with van der Waals surface area (Å²) in [5.74, 6) is -0.987. The number of unbranched alkanes of at least 4 members (excludes halogenated alkanes) is 2. The summed E-state index contributed by atoms with van der Waals surface area (Å²) >= 11 is 0. The molecule has 1 atom stereocenters. The second kappa shape index (κ2) is 9.15. The lowest BCUT2D eigenvalue weighted by Crippen LogP contribution is -2.35. The lowest BCUT2D eigenvalue weighted by Gasteiger charge is -2.10. The zero-order valence-electron chi connectivity index (χ0n) is 10.1. The number of aliphatic carboxylic acids is 1. The molecule has 0 heterocycles. The lowest BCUT2D eigenvalue weighted by atomic mass is 10.1. The summed E-state index contributed by atoms with van der Waals surface area (Å²) in [6.07, 6.45) is 3.79. The van der Waals surface area contributed by atoms with Crippen LogP contribution in [0.2, 0.25) is 0 Å². The maximum Gasteiger partial charge on any atom is 0.320 e. The number of amides is 1. The summed E-state index contributed by atoms with van der Waals surface area (Å²) in [7, 11) is 1.58. The van der Waals surface area contributed by atoms with Crippen LogP contribution in [0.3, 0.4) is 0 Å². The molecular formula is C11H22N2O3. The predicted octanol–water partition coefficient (Wildman–Crippen LogP) is 0.746. The van der Waals surface area contributed by atoms with E-state index in [1.165, 1.54) is 0 Å². The van der Waals surface area contributed by atoms with E-state index >= 15 is 0 Å². The second-order valence-electron chi connectivity index (χ2n) is 3.78. The molecule has 0 fully saturated rings. The van der Waals surface area contributed by atoms with Crippen LogP contribution in [0.5, 0.6) is 0 Å². The molecule has 0 aromatic heterocycles. The molecule has 0 aromatic carbocycles. The van der Waals surface area contributed by atoms with Crippen LogP contribution in [0.1, 0.15) is 39.0 Å². The molecule has 94 valence electrons. The van der Waals surface area contributed by atoms with E-state index < -0.39 is 12.0 Å². The van der Waals surface area contributed by atoms with E-state index in [-0.39, 0.29) is 12.3 Å². The van der Waals surface area contributed by atoms with Crippen molar-refractivity contribution in [3.63, 3.8) is 0 Å². The third-order valence-corrected chi connectivity index (χ3v) is 2.41. The van der Waals surface area contributed by atoms with Gasteiger partial charge in [0.2, 0.25) is 5.91 Å². The van der Waals surface area contributed by atoms with Crippen LogP contribution in [0, 0.1) is 0 Å². The van der Waals surface area contributed by atoms with Crippen molar-refractivity contribution in [2.45, 2.75) is 45.1 Å².